The van der Waals surface area contributed by atoms with Crippen LogP contribution in [0.5, 0.6) is 0 Å². The van der Waals surface area contributed by atoms with E-state index in [0.717, 1.165) is 10.2 Å². The predicted molar refractivity (Wildman–Crippen MR) is 77.7 cm³/mol. The van der Waals surface area contributed by atoms with E-state index >= 15 is 0 Å². The summed E-state index contributed by atoms with van der Waals surface area (Å²) in [6.07, 6.45) is 1.60. The molecule has 0 aliphatic rings. The van der Waals surface area contributed by atoms with Gasteiger partial charge in [0.15, 0.2) is 0 Å². The van der Waals surface area contributed by atoms with Crippen LogP contribution >= 0.6 is 15.9 Å². The monoisotopic (exact) mass is 322 g/mol. The molecule has 1 amide bonds. The highest BCUT2D eigenvalue weighted by atomic mass is 79.9. The second kappa shape index (κ2) is 5.93. The molecule has 19 heavy (non-hydrogen) atoms. The number of amides is 1. The van der Waals surface area contributed by atoms with Crippen LogP contribution in [-0.4, -0.2) is 17.4 Å². The van der Waals surface area contributed by atoms with Gasteiger partial charge in [0.05, 0.1) is 18.4 Å². The molecule has 4 nitrogen and oxygen atoms in total. The van der Waals surface area contributed by atoms with E-state index in [1.54, 1.807) is 29.4 Å². The second-order valence-corrected chi connectivity index (χ2v) is 5.05. The maximum absolute atomic E-state index is 12.5. The predicted octanol–water partition coefficient (Wildman–Crippen LogP) is 3.29. The lowest BCUT2D eigenvalue weighted by Gasteiger charge is -2.20. The maximum atomic E-state index is 12.5. The van der Waals surface area contributed by atoms with Gasteiger partial charge in [-0.15, -0.1) is 0 Å². The van der Waals surface area contributed by atoms with E-state index in [1.165, 1.54) is 0 Å². The number of nitrogens with zero attached hydrogens (tertiary/aromatic N) is 1. The van der Waals surface area contributed by atoms with Crippen LogP contribution in [0.15, 0.2) is 45.5 Å². The first-order chi connectivity index (χ1) is 9.11. The van der Waals surface area contributed by atoms with Gasteiger partial charge in [0.1, 0.15) is 5.76 Å². The summed E-state index contributed by atoms with van der Waals surface area (Å²) in [7, 11) is 0. The van der Waals surface area contributed by atoms with Crippen molar-refractivity contribution in [3.8, 4) is 0 Å². The van der Waals surface area contributed by atoms with Gasteiger partial charge in [-0.2, -0.15) is 0 Å². The zero-order valence-corrected chi connectivity index (χ0v) is 12.2. The SMILES string of the molecule is CCN(Cc1ccco1)C(=O)c1cc(Br)ccc1N. The van der Waals surface area contributed by atoms with Crippen molar-refractivity contribution in [3.05, 3.63) is 52.4 Å². The number of halogens is 1. The van der Waals surface area contributed by atoms with E-state index < -0.39 is 0 Å². The number of furan rings is 1. The highest BCUT2D eigenvalue weighted by Crippen LogP contribution is 2.21. The molecular formula is C14H15BrN2O2. The molecule has 0 saturated heterocycles. The van der Waals surface area contributed by atoms with Crippen molar-refractivity contribution in [1.82, 2.24) is 4.90 Å². The Balaban J connectivity index is 2.23. The van der Waals surface area contributed by atoms with Gasteiger partial charge in [-0.05, 0) is 37.3 Å². The van der Waals surface area contributed by atoms with E-state index in [0.29, 0.717) is 24.3 Å². The van der Waals surface area contributed by atoms with Gasteiger partial charge < -0.3 is 15.1 Å². The summed E-state index contributed by atoms with van der Waals surface area (Å²) in [5, 5.41) is 0. The Morgan fingerprint density at radius 2 is 2.21 bits per heavy atom. The van der Waals surface area contributed by atoms with Crippen molar-refractivity contribution < 1.29 is 9.21 Å². The number of hydrogen-bond donors (Lipinski definition) is 1. The molecule has 1 aromatic carbocycles. The van der Waals surface area contributed by atoms with Gasteiger partial charge in [0, 0.05) is 16.7 Å². The number of benzene rings is 1. The third-order valence-electron chi connectivity index (χ3n) is 2.84. The minimum atomic E-state index is -0.0994. The fourth-order valence-electron chi connectivity index (χ4n) is 1.80. The van der Waals surface area contributed by atoms with E-state index in [2.05, 4.69) is 15.9 Å². The summed E-state index contributed by atoms with van der Waals surface area (Å²) in [6, 6.07) is 8.93. The normalized spacial score (nSPS) is 10.4. The highest BCUT2D eigenvalue weighted by molar-refractivity contribution is 9.10. The molecule has 5 heteroatoms. The molecule has 0 fully saturated rings. The average Bonchev–Trinajstić information content (AvgIpc) is 2.91. The second-order valence-electron chi connectivity index (χ2n) is 4.13. The zero-order valence-electron chi connectivity index (χ0n) is 10.6. The standard InChI is InChI=1S/C14H15BrN2O2/c1-2-17(9-11-4-3-7-19-11)14(18)12-8-10(15)5-6-13(12)16/h3-8H,2,9,16H2,1H3. The van der Waals surface area contributed by atoms with Crippen molar-refractivity contribution in [1.29, 1.82) is 0 Å². The van der Waals surface area contributed by atoms with Crippen molar-refractivity contribution in [2.45, 2.75) is 13.5 Å². The van der Waals surface area contributed by atoms with Crippen LogP contribution in [0.4, 0.5) is 5.69 Å². The van der Waals surface area contributed by atoms with Crippen LogP contribution in [0.2, 0.25) is 0 Å². The summed E-state index contributed by atoms with van der Waals surface area (Å²) in [4.78, 5) is 14.2. The molecule has 2 aromatic rings. The number of nitrogens with two attached hydrogens (primary N) is 1. The molecule has 0 atom stereocenters. The van der Waals surface area contributed by atoms with Gasteiger partial charge >= 0.3 is 0 Å². The smallest absolute Gasteiger partial charge is 0.256 e. The number of nitrogen functional groups attached to an aromatic ring is 1. The first-order valence-electron chi connectivity index (χ1n) is 5.98. The molecule has 1 heterocycles. The topological polar surface area (TPSA) is 59.5 Å². The summed E-state index contributed by atoms with van der Waals surface area (Å²) < 4.78 is 6.10. The Hall–Kier alpha value is -1.75. The third kappa shape index (κ3) is 3.17. The Kier molecular flexibility index (Phi) is 4.27. The van der Waals surface area contributed by atoms with Gasteiger partial charge in [0.25, 0.3) is 5.91 Å². The van der Waals surface area contributed by atoms with E-state index in [1.807, 2.05) is 19.1 Å². The van der Waals surface area contributed by atoms with E-state index in [-0.39, 0.29) is 5.91 Å². The minimum Gasteiger partial charge on any atom is -0.467 e. The number of anilines is 1. The molecule has 100 valence electrons. The maximum Gasteiger partial charge on any atom is 0.256 e. The Bertz CT molecular complexity index is 567. The molecular weight excluding hydrogens is 308 g/mol. The summed E-state index contributed by atoms with van der Waals surface area (Å²) in [5.74, 6) is 0.654. The molecule has 0 radical (unpaired) electrons. The van der Waals surface area contributed by atoms with Crippen LogP contribution < -0.4 is 5.73 Å². The van der Waals surface area contributed by atoms with E-state index in [4.69, 9.17) is 10.2 Å². The highest BCUT2D eigenvalue weighted by Gasteiger charge is 2.18. The number of hydrogen-bond acceptors (Lipinski definition) is 3. The molecule has 0 saturated carbocycles. The summed E-state index contributed by atoms with van der Waals surface area (Å²) in [5.41, 5.74) is 6.84. The number of carbonyl (C=O) groups excluding carboxylic acids is 1. The third-order valence-corrected chi connectivity index (χ3v) is 3.33. The molecule has 0 spiro atoms. The lowest BCUT2D eigenvalue weighted by molar-refractivity contribution is 0.0742. The van der Waals surface area contributed by atoms with Crippen molar-refractivity contribution in [3.63, 3.8) is 0 Å². The first-order valence-corrected chi connectivity index (χ1v) is 6.77. The largest absolute Gasteiger partial charge is 0.467 e. The van der Waals surface area contributed by atoms with Gasteiger partial charge in [-0.25, -0.2) is 0 Å². The van der Waals surface area contributed by atoms with Crippen LogP contribution in [0.25, 0.3) is 0 Å². The Morgan fingerprint density at radius 1 is 1.42 bits per heavy atom. The molecule has 0 aliphatic heterocycles. The van der Waals surface area contributed by atoms with Crippen molar-refractivity contribution in [2.24, 2.45) is 0 Å². The molecule has 0 bridgehead atoms. The van der Waals surface area contributed by atoms with Crippen LogP contribution in [0, 0.1) is 0 Å². The fraction of sp³-hybridized carbons (Fsp3) is 0.214. The van der Waals surface area contributed by atoms with Gasteiger partial charge in [-0.1, -0.05) is 15.9 Å². The Morgan fingerprint density at radius 3 is 2.84 bits per heavy atom. The minimum absolute atomic E-state index is 0.0994. The summed E-state index contributed by atoms with van der Waals surface area (Å²) in [6.45, 7) is 2.95. The summed E-state index contributed by atoms with van der Waals surface area (Å²) >= 11 is 3.35. The van der Waals surface area contributed by atoms with Gasteiger partial charge in [0.2, 0.25) is 0 Å². The zero-order chi connectivity index (χ0) is 13.8. The van der Waals surface area contributed by atoms with Crippen LogP contribution in [0.3, 0.4) is 0 Å². The molecule has 2 N–H and O–H groups in total. The van der Waals surface area contributed by atoms with Gasteiger partial charge in [-0.3, -0.25) is 4.79 Å². The van der Waals surface area contributed by atoms with Crippen LogP contribution in [-0.2, 0) is 6.54 Å². The molecule has 0 aliphatic carbocycles. The molecule has 0 unspecified atom stereocenters. The number of carbonyl (C=O) groups is 1. The Labute approximate surface area is 120 Å². The molecule has 2 rings (SSSR count). The lowest BCUT2D eigenvalue weighted by atomic mass is 10.1. The van der Waals surface area contributed by atoms with Crippen molar-refractivity contribution in [2.75, 3.05) is 12.3 Å². The molecule has 1 aromatic heterocycles. The first kappa shape index (κ1) is 13.7. The lowest BCUT2D eigenvalue weighted by Crippen LogP contribution is -2.30. The average molecular weight is 323 g/mol. The fourth-order valence-corrected chi connectivity index (χ4v) is 2.16. The van der Waals surface area contributed by atoms with E-state index in [9.17, 15) is 4.79 Å². The van der Waals surface area contributed by atoms with Crippen molar-refractivity contribution >= 4 is 27.5 Å². The van der Waals surface area contributed by atoms with Crippen LogP contribution in [0.1, 0.15) is 23.0 Å². The quantitative estimate of drug-likeness (QED) is 0.879. The number of rotatable bonds is 4.